The molecule has 2 aromatic carbocycles. The predicted molar refractivity (Wildman–Crippen MR) is 108 cm³/mol. The fourth-order valence-corrected chi connectivity index (χ4v) is 3.41. The maximum absolute atomic E-state index is 12.3. The number of halogens is 1. The molecule has 4 nitrogen and oxygen atoms in total. The summed E-state index contributed by atoms with van der Waals surface area (Å²) >= 11 is 6.11. The summed E-state index contributed by atoms with van der Waals surface area (Å²) in [5, 5.41) is 3.65. The zero-order valence-corrected chi connectivity index (χ0v) is 16.0. The van der Waals surface area contributed by atoms with E-state index in [9.17, 15) is 4.79 Å². The number of carbonyl (C=O) groups excluding carboxylic acids is 1. The average molecular weight is 372 g/mol. The van der Waals surface area contributed by atoms with Gasteiger partial charge in [0.15, 0.2) is 0 Å². The first-order valence-electron chi connectivity index (χ1n) is 9.15. The van der Waals surface area contributed by atoms with E-state index in [0.29, 0.717) is 11.6 Å². The second-order valence-electron chi connectivity index (χ2n) is 6.81. The van der Waals surface area contributed by atoms with E-state index < -0.39 is 0 Å². The van der Waals surface area contributed by atoms with Gasteiger partial charge in [0.05, 0.1) is 6.54 Å². The molecular weight excluding hydrogens is 346 g/mol. The quantitative estimate of drug-likeness (QED) is 0.844. The second kappa shape index (κ2) is 9.17. The van der Waals surface area contributed by atoms with Gasteiger partial charge in [0.25, 0.3) is 0 Å². The Bertz CT molecular complexity index is 727. The Morgan fingerprint density at radius 1 is 1.00 bits per heavy atom. The molecule has 0 spiro atoms. The number of nitrogens with zero attached hydrogens (tertiary/aromatic N) is 2. The fourth-order valence-electron chi connectivity index (χ4n) is 3.24. The molecule has 0 unspecified atom stereocenters. The molecule has 1 aliphatic heterocycles. The van der Waals surface area contributed by atoms with Gasteiger partial charge in [-0.3, -0.25) is 9.69 Å². The van der Waals surface area contributed by atoms with Crippen molar-refractivity contribution in [2.45, 2.75) is 13.3 Å². The van der Waals surface area contributed by atoms with Crippen LogP contribution in [-0.2, 0) is 11.2 Å². The van der Waals surface area contributed by atoms with Crippen LogP contribution in [0.2, 0.25) is 5.02 Å². The van der Waals surface area contributed by atoms with Crippen LogP contribution in [-0.4, -0.2) is 55.0 Å². The van der Waals surface area contributed by atoms with Crippen LogP contribution in [0.5, 0.6) is 0 Å². The lowest BCUT2D eigenvalue weighted by molar-refractivity contribution is -0.117. The summed E-state index contributed by atoms with van der Waals surface area (Å²) in [7, 11) is 0. The summed E-state index contributed by atoms with van der Waals surface area (Å²) in [4.78, 5) is 17.0. The summed E-state index contributed by atoms with van der Waals surface area (Å²) in [5.41, 5.74) is 3.09. The normalized spacial score (nSPS) is 15.8. The number of carbonyl (C=O) groups is 1. The molecule has 3 rings (SSSR count). The first-order chi connectivity index (χ1) is 12.6. The van der Waals surface area contributed by atoms with Crippen LogP contribution in [0.25, 0.3) is 0 Å². The molecule has 0 aromatic heterocycles. The first kappa shape index (κ1) is 18.9. The Kier molecular flexibility index (Phi) is 6.67. The minimum absolute atomic E-state index is 0.0214. The van der Waals surface area contributed by atoms with Crippen LogP contribution in [0.1, 0.15) is 11.1 Å². The molecule has 2 aromatic rings. The number of rotatable bonds is 6. The van der Waals surface area contributed by atoms with Crippen LogP contribution in [0.4, 0.5) is 5.69 Å². The van der Waals surface area contributed by atoms with Gasteiger partial charge in [0, 0.05) is 43.4 Å². The van der Waals surface area contributed by atoms with Gasteiger partial charge < -0.3 is 10.2 Å². The van der Waals surface area contributed by atoms with E-state index >= 15 is 0 Å². The van der Waals surface area contributed by atoms with Crippen LogP contribution >= 0.6 is 11.6 Å². The molecule has 5 heteroatoms. The highest BCUT2D eigenvalue weighted by Crippen LogP contribution is 2.22. The number of anilines is 1. The Morgan fingerprint density at radius 2 is 1.69 bits per heavy atom. The van der Waals surface area contributed by atoms with E-state index in [-0.39, 0.29) is 5.91 Å². The minimum atomic E-state index is 0.0214. The second-order valence-corrected chi connectivity index (χ2v) is 7.22. The number of hydrogen-bond donors (Lipinski definition) is 1. The van der Waals surface area contributed by atoms with Crippen LogP contribution in [0, 0.1) is 6.92 Å². The summed E-state index contributed by atoms with van der Waals surface area (Å²) in [5.74, 6) is 0.0214. The van der Waals surface area contributed by atoms with Gasteiger partial charge in [-0.05, 0) is 36.6 Å². The Hall–Kier alpha value is -1.88. The van der Waals surface area contributed by atoms with Crippen molar-refractivity contribution in [3.05, 3.63) is 64.7 Å². The highest BCUT2D eigenvalue weighted by molar-refractivity contribution is 6.31. The molecule has 0 bridgehead atoms. The highest BCUT2D eigenvalue weighted by atomic mass is 35.5. The first-order valence-corrected chi connectivity index (χ1v) is 9.53. The molecule has 0 saturated carbocycles. The van der Waals surface area contributed by atoms with Gasteiger partial charge >= 0.3 is 0 Å². The number of nitrogens with one attached hydrogen (secondary N) is 1. The molecule has 1 amide bonds. The molecule has 1 saturated heterocycles. The van der Waals surface area contributed by atoms with Gasteiger partial charge in [-0.15, -0.1) is 0 Å². The van der Waals surface area contributed by atoms with E-state index in [1.54, 1.807) is 0 Å². The summed E-state index contributed by atoms with van der Waals surface area (Å²) in [6, 6.07) is 16.2. The lowest BCUT2D eigenvalue weighted by atomic mass is 10.1. The fraction of sp³-hybridized carbons (Fsp3) is 0.381. The topological polar surface area (TPSA) is 35.6 Å². The van der Waals surface area contributed by atoms with Crippen molar-refractivity contribution in [2.24, 2.45) is 0 Å². The lowest BCUT2D eigenvalue weighted by Crippen LogP contribution is -2.49. The summed E-state index contributed by atoms with van der Waals surface area (Å²) in [6.07, 6.45) is 1.08. The van der Waals surface area contributed by atoms with Crippen molar-refractivity contribution >= 4 is 23.2 Å². The third kappa shape index (κ3) is 5.31. The molecular formula is C21H26ClN3O. The van der Waals surface area contributed by atoms with Crippen LogP contribution < -0.4 is 5.32 Å². The Labute approximate surface area is 160 Å². The van der Waals surface area contributed by atoms with E-state index in [1.807, 2.05) is 25.1 Å². The minimum Gasteiger partial charge on any atom is -0.325 e. The summed E-state index contributed by atoms with van der Waals surface area (Å²) < 4.78 is 0. The summed E-state index contributed by atoms with van der Waals surface area (Å²) in [6.45, 7) is 7.30. The molecule has 0 radical (unpaired) electrons. The Morgan fingerprint density at radius 3 is 2.42 bits per heavy atom. The molecule has 0 aliphatic carbocycles. The van der Waals surface area contributed by atoms with Crippen molar-refractivity contribution in [2.75, 3.05) is 44.6 Å². The highest BCUT2D eigenvalue weighted by Gasteiger charge is 2.19. The maximum atomic E-state index is 12.3. The van der Waals surface area contributed by atoms with Gasteiger partial charge in [0.1, 0.15) is 0 Å². The maximum Gasteiger partial charge on any atom is 0.238 e. The molecule has 26 heavy (non-hydrogen) atoms. The van der Waals surface area contributed by atoms with Crippen molar-refractivity contribution in [1.82, 2.24) is 9.80 Å². The average Bonchev–Trinajstić information content (AvgIpc) is 2.66. The van der Waals surface area contributed by atoms with E-state index in [2.05, 4.69) is 45.4 Å². The van der Waals surface area contributed by atoms with Gasteiger partial charge in [-0.2, -0.15) is 0 Å². The van der Waals surface area contributed by atoms with E-state index in [1.165, 1.54) is 5.56 Å². The zero-order chi connectivity index (χ0) is 18.4. The number of benzene rings is 2. The van der Waals surface area contributed by atoms with Crippen LogP contribution in [0.3, 0.4) is 0 Å². The standard InChI is InChI=1S/C21H26ClN3O/c1-17-19(22)8-5-9-20(17)23-21(26)16-25-14-12-24(13-15-25)11-10-18-6-3-2-4-7-18/h2-9H,10-16H2,1H3,(H,23,26). The number of amides is 1. The lowest BCUT2D eigenvalue weighted by Gasteiger charge is -2.34. The van der Waals surface area contributed by atoms with Crippen molar-refractivity contribution in [1.29, 1.82) is 0 Å². The third-order valence-electron chi connectivity index (χ3n) is 4.93. The molecule has 138 valence electrons. The van der Waals surface area contributed by atoms with Crippen molar-refractivity contribution < 1.29 is 4.79 Å². The third-order valence-corrected chi connectivity index (χ3v) is 5.34. The van der Waals surface area contributed by atoms with Crippen LogP contribution in [0.15, 0.2) is 48.5 Å². The van der Waals surface area contributed by atoms with Gasteiger partial charge in [-0.25, -0.2) is 0 Å². The van der Waals surface area contributed by atoms with E-state index in [4.69, 9.17) is 11.6 Å². The zero-order valence-electron chi connectivity index (χ0n) is 15.2. The molecule has 1 heterocycles. The van der Waals surface area contributed by atoms with Crippen molar-refractivity contribution in [3.63, 3.8) is 0 Å². The number of piperazine rings is 1. The molecule has 1 N–H and O–H groups in total. The Balaban J connectivity index is 1.41. The number of hydrogen-bond acceptors (Lipinski definition) is 3. The molecule has 0 atom stereocenters. The smallest absolute Gasteiger partial charge is 0.238 e. The van der Waals surface area contributed by atoms with Gasteiger partial charge in [-0.1, -0.05) is 48.0 Å². The largest absolute Gasteiger partial charge is 0.325 e. The predicted octanol–water partition coefficient (Wildman–Crippen LogP) is 3.45. The molecule has 1 aliphatic rings. The van der Waals surface area contributed by atoms with Crippen molar-refractivity contribution in [3.8, 4) is 0 Å². The van der Waals surface area contributed by atoms with E-state index in [0.717, 1.165) is 50.4 Å². The van der Waals surface area contributed by atoms with Gasteiger partial charge in [0.2, 0.25) is 5.91 Å². The molecule has 1 fully saturated rings. The SMILES string of the molecule is Cc1c(Cl)cccc1NC(=O)CN1CCN(CCc2ccccc2)CC1. The monoisotopic (exact) mass is 371 g/mol.